The molecule has 3 nitrogen and oxygen atoms in total. The molecular formula is C31H59NaO3. The number of ether oxygens (including phenoxy) is 1. The Labute approximate surface area is 242 Å². The molecule has 0 aromatic carbocycles. The van der Waals surface area contributed by atoms with Gasteiger partial charge in [-0.15, -0.1) is 0 Å². The molecule has 0 amide bonds. The fraction of sp³-hybridized carbons (Fsp3) is 0.871. The molecule has 0 radical (unpaired) electrons. The van der Waals surface area contributed by atoms with Crippen molar-refractivity contribution in [1.29, 1.82) is 0 Å². The van der Waals surface area contributed by atoms with E-state index in [1.807, 2.05) is 0 Å². The minimum absolute atomic E-state index is 0. The van der Waals surface area contributed by atoms with E-state index < -0.39 is 5.92 Å². The Bertz CT molecular complexity index is 496. The second-order valence-corrected chi connectivity index (χ2v) is 10.1. The second-order valence-electron chi connectivity index (χ2n) is 10.1. The van der Waals surface area contributed by atoms with Gasteiger partial charge in [0.2, 0.25) is 0 Å². The monoisotopic (exact) mass is 502 g/mol. The van der Waals surface area contributed by atoms with Gasteiger partial charge in [0.15, 0.2) is 0 Å². The van der Waals surface area contributed by atoms with Crippen LogP contribution < -0.4 is 29.6 Å². The first-order valence-electron chi connectivity index (χ1n) is 14.9. The third kappa shape index (κ3) is 25.3. The zero-order valence-electron chi connectivity index (χ0n) is 25.2. The molecule has 1 unspecified atom stereocenters. The van der Waals surface area contributed by atoms with Crippen molar-refractivity contribution in [2.45, 2.75) is 162 Å². The van der Waals surface area contributed by atoms with Gasteiger partial charge in [-0.3, -0.25) is 9.59 Å². The van der Waals surface area contributed by atoms with E-state index in [1.54, 1.807) is 0 Å². The molecule has 0 saturated heterocycles. The van der Waals surface area contributed by atoms with Gasteiger partial charge in [0.05, 0.1) is 7.11 Å². The molecule has 0 bridgehead atoms. The van der Waals surface area contributed by atoms with Crippen molar-refractivity contribution in [1.82, 2.24) is 0 Å². The summed E-state index contributed by atoms with van der Waals surface area (Å²) in [5.41, 5.74) is 0. The Balaban J connectivity index is -0.00000544. The van der Waals surface area contributed by atoms with Gasteiger partial charge in [-0.2, -0.15) is 0 Å². The number of carbonyl (C=O) groups is 2. The van der Waals surface area contributed by atoms with Gasteiger partial charge in [-0.05, 0) is 38.5 Å². The molecule has 0 rings (SSSR count). The van der Waals surface area contributed by atoms with E-state index in [2.05, 4.69) is 26.0 Å². The van der Waals surface area contributed by atoms with Crippen LogP contribution in [0.3, 0.4) is 0 Å². The summed E-state index contributed by atoms with van der Waals surface area (Å²) in [6.07, 6.45) is 31.9. The summed E-state index contributed by atoms with van der Waals surface area (Å²) in [4.78, 5) is 24.7. The number of esters is 1. The first-order chi connectivity index (χ1) is 16.7. The van der Waals surface area contributed by atoms with Crippen LogP contribution in [0.1, 0.15) is 163 Å². The van der Waals surface area contributed by atoms with Crippen LogP contribution in [-0.2, 0) is 14.3 Å². The first-order valence-corrected chi connectivity index (χ1v) is 14.9. The molecular weight excluding hydrogens is 443 g/mol. The first kappa shape index (κ1) is 37.0. The number of methoxy groups -OCH3 is 1. The van der Waals surface area contributed by atoms with Crippen molar-refractivity contribution < 1.29 is 45.3 Å². The Kier molecular flexibility index (Phi) is 31.9. The fourth-order valence-electron chi connectivity index (χ4n) is 4.58. The summed E-state index contributed by atoms with van der Waals surface area (Å²) < 4.78 is 4.92. The molecule has 0 aliphatic heterocycles. The average molecular weight is 503 g/mol. The molecule has 0 N–H and O–H groups in total. The summed E-state index contributed by atoms with van der Waals surface area (Å²) in [7, 11) is 1.40. The molecule has 0 heterocycles. The second kappa shape index (κ2) is 30.1. The van der Waals surface area contributed by atoms with Crippen LogP contribution in [0.5, 0.6) is 0 Å². The predicted molar refractivity (Wildman–Crippen MR) is 148 cm³/mol. The molecule has 0 fully saturated rings. The van der Waals surface area contributed by atoms with E-state index in [0.717, 1.165) is 25.7 Å². The topological polar surface area (TPSA) is 43.4 Å². The minimum atomic E-state index is -0.540. The molecule has 202 valence electrons. The van der Waals surface area contributed by atoms with Crippen LogP contribution in [0, 0.1) is 5.92 Å². The normalized spacial score (nSPS) is 12.0. The van der Waals surface area contributed by atoms with Gasteiger partial charge >= 0.3 is 35.5 Å². The van der Waals surface area contributed by atoms with Crippen molar-refractivity contribution in [2.24, 2.45) is 5.92 Å². The summed E-state index contributed by atoms with van der Waals surface area (Å²) in [5, 5.41) is 0. The SMILES string of the molecule is CCCCCCCC/C=C\CCCCCCCC(=O)C(CCCCCCCCCC)C(=O)OC.[H-].[Na+]. The van der Waals surface area contributed by atoms with Gasteiger partial charge in [-0.1, -0.05) is 129 Å². The van der Waals surface area contributed by atoms with E-state index in [9.17, 15) is 9.59 Å². The number of hydrogen-bond acceptors (Lipinski definition) is 3. The number of hydrogen-bond donors (Lipinski definition) is 0. The van der Waals surface area contributed by atoms with Gasteiger partial charge in [0, 0.05) is 6.42 Å². The summed E-state index contributed by atoms with van der Waals surface area (Å²) in [6.45, 7) is 4.50. The zero-order valence-corrected chi connectivity index (χ0v) is 26.2. The Morgan fingerprint density at radius 1 is 0.629 bits per heavy atom. The maximum Gasteiger partial charge on any atom is 1.00 e. The molecule has 0 aromatic heterocycles. The molecule has 0 aliphatic carbocycles. The largest absolute Gasteiger partial charge is 1.00 e. The van der Waals surface area contributed by atoms with Gasteiger partial charge in [0.1, 0.15) is 11.7 Å². The number of carbonyl (C=O) groups excluding carboxylic acids is 2. The van der Waals surface area contributed by atoms with E-state index in [0.29, 0.717) is 12.8 Å². The third-order valence-electron chi connectivity index (χ3n) is 6.91. The number of allylic oxidation sites excluding steroid dienone is 2. The predicted octanol–water partition coefficient (Wildman–Crippen LogP) is 7.03. The summed E-state index contributed by atoms with van der Waals surface area (Å²) in [5.74, 6) is -0.782. The molecule has 0 aromatic rings. The van der Waals surface area contributed by atoms with Crippen LogP contribution in [0.4, 0.5) is 0 Å². The van der Waals surface area contributed by atoms with Crippen molar-refractivity contribution in [3.05, 3.63) is 12.2 Å². The van der Waals surface area contributed by atoms with Gasteiger partial charge < -0.3 is 6.16 Å². The van der Waals surface area contributed by atoms with Crippen molar-refractivity contribution in [3.63, 3.8) is 0 Å². The Morgan fingerprint density at radius 2 is 1.03 bits per heavy atom. The number of rotatable bonds is 26. The maximum absolute atomic E-state index is 12.6. The molecule has 35 heavy (non-hydrogen) atoms. The van der Waals surface area contributed by atoms with Gasteiger partial charge in [0.25, 0.3) is 0 Å². The zero-order chi connectivity index (χ0) is 25.1. The molecule has 1 atom stereocenters. The fourth-order valence-corrected chi connectivity index (χ4v) is 4.58. The van der Waals surface area contributed by atoms with Crippen LogP contribution >= 0.6 is 0 Å². The average Bonchev–Trinajstić information content (AvgIpc) is 2.85. The van der Waals surface area contributed by atoms with E-state index in [-0.39, 0.29) is 42.7 Å². The Hall–Kier alpha value is -0.120. The Morgan fingerprint density at radius 3 is 1.49 bits per heavy atom. The number of Topliss-reactive ketones (excluding diaryl/α,β-unsaturated/α-hetero) is 1. The summed E-state index contributed by atoms with van der Waals surface area (Å²) >= 11 is 0. The molecule has 0 aliphatic rings. The van der Waals surface area contributed by atoms with Crippen LogP contribution in [0.25, 0.3) is 0 Å². The van der Waals surface area contributed by atoms with Crippen molar-refractivity contribution in [2.75, 3.05) is 7.11 Å². The number of ketones is 1. The van der Waals surface area contributed by atoms with Crippen molar-refractivity contribution in [3.8, 4) is 0 Å². The molecule has 0 saturated carbocycles. The third-order valence-corrected chi connectivity index (χ3v) is 6.91. The van der Waals surface area contributed by atoms with Crippen LogP contribution in [0.15, 0.2) is 12.2 Å². The van der Waals surface area contributed by atoms with Crippen molar-refractivity contribution >= 4 is 11.8 Å². The smallest absolute Gasteiger partial charge is 1.00 e. The van der Waals surface area contributed by atoms with Gasteiger partial charge in [-0.25, -0.2) is 0 Å². The van der Waals surface area contributed by atoms with Crippen LogP contribution in [0.2, 0.25) is 0 Å². The van der Waals surface area contributed by atoms with E-state index in [1.165, 1.54) is 116 Å². The molecule has 0 spiro atoms. The quantitative estimate of drug-likeness (QED) is 0.0419. The van der Waals surface area contributed by atoms with E-state index >= 15 is 0 Å². The van der Waals surface area contributed by atoms with E-state index in [4.69, 9.17) is 4.74 Å². The van der Waals surface area contributed by atoms with Crippen LogP contribution in [-0.4, -0.2) is 18.9 Å². The number of unbranched alkanes of at least 4 members (excludes halogenated alkanes) is 18. The molecule has 4 heteroatoms. The minimum Gasteiger partial charge on any atom is -1.00 e. The maximum atomic E-state index is 12.6. The standard InChI is InChI=1S/C31H58O3.Na.H/c1-4-6-8-10-12-14-15-16-17-18-19-20-22-24-26-28-30(32)29(31(33)34-3)27-25-23-21-13-11-9-7-5-2;;/h16-17,29H,4-15,18-28H2,1-3H3;;/q;+1;-1/b17-16-;;. The summed E-state index contributed by atoms with van der Waals surface area (Å²) in [6, 6.07) is 0.